The van der Waals surface area contributed by atoms with Crippen LogP contribution in [-0.4, -0.2) is 9.97 Å². The molecule has 102 valence electrons. The van der Waals surface area contributed by atoms with Crippen LogP contribution < -0.4 is 0 Å². The molecule has 2 heterocycles. The van der Waals surface area contributed by atoms with Crippen LogP contribution in [0.5, 0.6) is 0 Å². The van der Waals surface area contributed by atoms with Crippen LogP contribution in [0, 0.1) is 11.6 Å². The SMILES string of the molecule is Fc1cc(F)c2nc(-c3cc(Cl)sc3Cl)nc(Cl)c2c1. The van der Waals surface area contributed by atoms with Gasteiger partial charge in [0, 0.05) is 11.5 Å². The lowest BCUT2D eigenvalue weighted by Gasteiger charge is -2.05. The highest BCUT2D eigenvalue weighted by Gasteiger charge is 2.16. The van der Waals surface area contributed by atoms with Crippen molar-refractivity contribution in [3.05, 3.63) is 43.7 Å². The minimum Gasteiger partial charge on any atom is -0.225 e. The zero-order valence-corrected chi connectivity index (χ0v) is 12.5. The first-order valence-corrected chi connectivity index (χ1v) is 7.18. The van der Waals surface area contributed by atoms with E-state index in [1.165, 1.54) is 0 Å². The summed E-state index contributed by atoms with van der Waals surface area (Å²) in [7, 11) is 0. The fraction of sp³-hybridized carbons (Fsp3) is 0. The number of thiophene rings is 1. The molecule has 0 saturated heterocycles. The summed E-state index contributed by atoms with van der Waals surface area (Å²) in [6.45, 7) is 0. The third kappa shape index (κ3) is 2.35. The number of benzene rings is 1. The van der Waals surface area contributed by atoms with Crippen molar-refractivity contribution in [1.82, 2.24) is 9.97 Å². The molecule has 8 heteroatoms. The molecule has 0 saturated carbocycles. The van der Waals surface area contributed by atoms with Crippen LogP contribution >= 0.6 is 46.1 Å². The average Bonchev–Trinajstić information content (AvgIpc) is 2.69. The third-order valence-corrected chi connectivity index (χ3v) is 4.35. The molecule has 20 heavy (non-hydrogen) atoms. The summed E-state index contributed by atoms with van der Waals surface area (Å²) in [6, 6.07) is 3.37. The zero-order chi connectivity index (χ0) is 14.4. The Bertz CT molecular complexity index is 835. The number of hydrogen-bond acceptors (Lipinski definition) is 3. The predicted octanol–water partition coefficient (Wildman–Crippen LogP) is 5.60. The monoisotopic (exact) mass is 350 g/mol. The fourth-order valence-corrected chi connectivity index (χ4v) is 3.41. The molecule has 0 atom stereocenters. The molecule has 0 N–H and O–H groups in total. The number of halogens is 5. The van der Waals surface area contributed by atoms with E-state index in [1.807, 2.05) is 0 Å². The van der Waals surface area contributed by atoms with E-state index in [0.717, 1.165) is 23.5 Å². The van der Waals surface area contributed by atoms with Gasteiger partial charge in [-0.2, -0.15) is 0 Å². The van der Waals surface area contributed by atoms with Gasteiger partial charge in [-0.15, -0.1) is 11.3 Å². The lowest BCUT2D eigenvalue weighted by molar-refractivity contribution is 0.590. The Kier molecular flexibility index (Phi) is 3.54. The third-order valence-electron chi connectivity index (χ3n) is 2.57. The molecule has 0 fully saturated rings. The van der Waals surface area contributed by atoms with E-state index >= 15 is 0 Å². The predicted molar refractivity (Wildman–Crippen MR) is 77.8 cm³/mol. The highest BCUT2D eigenvalue weighted by atomic mass is 35.5. The van der Waals surface area contributed by atoms with Gasteiger partial charge < -0.3 is 0 Å². The minimum absolute atomic E-state index is 0.0539. The van der Waals surface area contributed by atoms with Gasteiger partial charge in [0.1, 0.15) is 20.8 Å². The number of aromatic nitrogens is 2. The molecule has 0 spiro atoms. The number of hydrogen-bond donors (Lipinski definition) is 0. The second-order valence-corrected chi connectivity index (χ2v) is 6.50. The van der Waals surface area contributed by atoms with Crippen LogP contribution in [0.3, 0.4) is 0 Å². The second kappa shape index (κ2) is 5.07. The summed E-state index contributed by atoms with van der Waals surface area (Å²) in [5.74, 6) is -1.42. The summed E-state index contributed by atoms with van der Waals surface area (Å²) in [6.07, 6.45) is 0. The quantitative estimate of drug-likeness (QED) is 0.534. The van der Waals surface area contributed by atoms with Crippen molar-refractivity contribution in [3.63, 3.8) is 0 Å². The van der Waals surface area contributed by atoms with E-state index in [4.69, 9.17) is 34.8 Å². The fourth-order valence-electron chi connectivity index (χ4n) is 1.73. The standard InChI is InChI=1S/C12H3Cl3F2N2S/c13-8-3-6(11(15)20-8)12-18-9-5(10(14)19-12)1-4(16)2-7(9)17/h1-3H. The van der Waals surface area contributed by atoms with E-state index in [1.54, 1.807) is 6.07 Å². The Morgan fingerprint density at radius 3 is 2.40 bits per heavy atom. The molecule has 0 radical (unpaired) electrons. The molecular weight excluding hydrogens is 349 g/mol. The topological polar surface area (TPSA) is 25.8 Å². The van der Waals surface area contributed by atoms with Gasteiger partial charge >= 0.3 is 0 Å². The Labute approximate surface area is 130 Å². The highest BCUT2D eigenvalue weighted by Crippen LogP contribution is 2.38. The Balaban J connectivity index is 2.32. The van der Waals surface area contributed by atoms with Crippen LogP contribution in [0.1, 0.15) is 0 Å². The first-order valence-electron chi connectivity index (χ1n) is 5.23. The van der Waals surface area contributed by atoms with Gasteiger partial charge in [0.15, 0.2) is 11.6 Å². The number of rotatable bonds is 1. The minimum atomic E-state index is -0.817. The molecule has 0 unspecified atom stereocenters. The molecule has 1 aromatic carbocycles. The van der Waals surface area contributed by atoms with E-state index in [9.17, 15) is 8.78 Å². The van der Waals surface area contributed by atoms with E-state index in [0.29, 0.717) is 14.2 Å². The summed E-state index contributed by atoms with van der Waals surface area (Å²) >= 11 is 18.9. The Morgan fingerprint density at radius 2 is 1.75 bits per heavy atom. The van der Waals surface area contributed by atoms with Gasteiger partial charge in [-0.1, -0.05) is 34.8 Å². The first kappa shape index (κ1) is 13.9. The summed E-state index contributed by atoms with van der Waals surface area (Å²) < 4.78 is 27.8. The second-order valence-electron chi connectivity index (χ2n) is 3.86. The summed E-state index contributed by atoms with van der Waals surface area (Å²) in [4.78, 5) is 8.06. The molecule has 2 aromatic heterocycles. The molecule has 3 rings (SSSR count). The molecular formula is C12H3Cl3F2N2S. The van der Waals surface area contributed by atoms with Crippen LogP contribution in [0.4, 0.5) is 8.78 Å². The number of fused-ring (bicyclic) bond motifs is 1. The van der Waals surface area contributed by atoms with Gasteiger partial charge in [-0.05, 0) is 12.1 Å². The van der Waals surface area contributed by atoms with Gasteiger partial charge in [-0.3, -0.25) is 0 Å². The van der Waals surface area contributed by atoms with Crippen molar-refractivity contribution in [1.29, 1.82) is 0 Å². The lowest BCUT2D eigenvalue weighted by atomic mass is 10.2. The molecule has 0 amide bonds. The average molecular weight is 352 g/mol. The Hall–Kier alpha value is -1.01. The van der Waals surface area contributed by atoms with Gasteiger partial charge in [0.05, 0.1) is 9.90 Å². The summed E-state index contributed by atoms with van der Waals surface area (Å²) in [5, 5.41) is 0.0483. The van der Waals surface area contributed by atoms with Crippen LogP contribution in [-0.2, 0) is 0 Å². The maximum Gasteiger partial charge on any atom is 0.164 e. The van der Waals surface area contributed by atoms with Crippen molar-refractivity contribution in [2.24, 2.45) is 0 Å². The van der Waals surface area contributed by atoms with Crippen molar-refractivity contribution < 1.29 is 8.78 Å². The first-order chi connectivity index (χ1) is 9.45. The van der Waals surface area contributed by atoms with Crippen molar-refractivity contribution in [2.75, 3.05) is 0 Å². The highest BCUT2D eigenvalue weighted by molar-refractivity contribution is 7.20. The lowest BCUT2D eigenvalue weighted by Crippen LogP contribution is -1.94. The van der Waals surface area contributed by atoms with Crippen LogP contribution in [0.15, 0.2) is 18.2 Å². The smallest absolute Gasteiger partial charge is 0.164 e. The van der Waals surface area contributed by atoms with Crippen LogP contribution in [0.2, 0.25) is 13.8 Å². The van der Waals surface area contributed by atoms with E-state index in [-0.39, 0.29) is 21.9 Å². The summed E-state index contributed by atoms with van der Waals surface area (Å²) in [5.41, 5.74) is 0.383. The zero-order valence-electron chi connectivity index (χ0n) is 9.42. The normalized spacial score (nSPS) is 11.2. The molecule has 0 aliphatic heterocycles. The van der Waals surface area contributed by atoms with E-state index < -0.39 is 11.6 Å². The van der Waals surface area contributed by atoms with Gasteiger partial charge in [0.25, 0.3) is 0 Å². The molecule has 2 nitrogen and oxygen atoms in total. The molecule has 0 aliphatic rings. The van der Waals surface area contributed by atoms with Crippen LogP contribution in [0.25, 0.3) is 22.3 Å². The largest absolute Gasteiger partial charge is 0.225 e. The molecule has 3 aromatic rings. The molecule has 0 aliphatic carbocycles. The van der Waals surface area contributed by atoms with Gasteiger partial charge in [-0.25, -0.2) is 18.7 Å². The number of nitrogens with zero attached hydrogens (tertiary/aromatic N) is 2. The molecule has 0 bridgehead atoms. The Morgan fingerprint density at radius 1 is 1.00 bits per heavy atom. The maximum absolute atomic E-state index is 13.8. The van der Waals surface area contributed by atoms with Gasteiger partial charge in [0.2, 0.25) is 0 Å². The van der Waals surface area contributed by atoms with Crippen molar-refractivity contribution in [3.8, 4) is 11.4 Å². The van der Waals surface area contributed by atoms with E-state index in [2.05, 4.69) is 9.97 Å². The van der Waals surface area contributed by atoms with Crippen molar-refractivity contribution >= 4 is 57.0 Å². The van der Waals surface area contributed by atoms with Crippen molar-refractivity contribution in [2.45, 2.75) is 0 Å². The maximum atomic E-state index is 13.8.